The molecule has 0 aliphatic carbocycles. The topological polar surface area (TPSA) is 85.2 Å². The van der Waals surface area contributed by atoms with Crippen LogP contribution in [0.25, 0.3) is 17.0 Å². The number of nitrogens with one attached hydrogen (secondary N) is 1. The van der Waals surface area contributed by atoms with Gasteiger partial charge in [0.05, 0.1) is 12.8 Å². The Morgan fingerprint density at radius 2 is 2.04 bits per heavy atom. The number of hydrogen-bond donors (Lipinski definition) is 1. The second-order valence-corrected chi connectivity index (χ2v) is 6.94. The van der Waals surface area contributed by atoms with Gasteiger partial charge in [-0.2, -0.15) is 0 Å². The Labute approximate surface area is 159 Å². The standard InChI is InChI=1S/C19H17N5O2S/c1-12-5-7-13(8-6-12)16-21-19(23-22-16)27-11-14-10-24-9-3-4-15(17(24)20-14)18(25)26-2/h3-10H,11H2,1-2H3,(H,21,22,23). The third-order valence-corrected chi connectivity index (χ3v) is 4.96. The molecule has 136 valence electrons. The number of carbonyl (C=O) groups excluding carboxylic acids is 1. The highest BCUT2D eigenvalue weighted by Crippen LogP contribution is 2.23. The number of methoxy groups -OCH3 is 1. The normalized spacial score (nSPS) is 11.0. The van der Waals surface area contributed by atoms with Crippen molar-refractivity contribution in [3.05, 3.63) is 65.6 Å². The zero-order valence-corrected chi connectivity index (χ0v) is 15.7. The van der Waals surface area contributed by atoms with Gasteiger partial charge in [-0.1, -0.05) is 41.6 Å². The number of aromatic nitrogens is 5. The largest absolute Gasteiger partial charge is 0.465 e. The number of thioether (sulfide) groups is 1. The Morgan fingerprint density at radius 3 is 2.81 bits per heavy atom. The molecule has 0 bridgehead atoms. The first-order valence-electron chi connectivity index (χ1n) is 8.31. The van der Waals surface area contributed by atoms with E-state index in [-0.39, 0.29) is 0 Å². The quantitative estimate of drug-likeness (QED) is 0.422. The van der Waals surface area contributed by atoms with E-state index in [4.69, 9.17) is 4.74 Å². The summed E-state index contributed by atoms with van der Waals surface area (Å²) in [5.41, 5.74) is 4.05. The van der Waals surface area contributed by atoms with E-state index < -0.39 is 5.97 Å². The van der Waals surface area contributed by atoms with Gasteiger partial charge in [0.2, 0.25) is 5.16 Å². The summed E-state index contributed by atoms with van der Waals surface area (Å²) in [6.07, 6.45) is 3.74. The van der Waals surface area contributed by atoms with Crippen molar-refractivity contribution in [2.24, 2.45) is 0 Å². The van der Waals surface area contributed by atoms with Crippen molar-refractivity contribution in [1.29, 1.82) is 0 Å². The predicted molar refractivity (Wildman–Crippen MR) is 103 cm³/mol. The summed E-state index contributed by atoms with van der Waals surface area (Å²) >= 11 is 1.48. The lowest BCUT2D eigenvalue weighted by Crippen LogP contribution is -2.03. The van der Waals surface area contributed by atoms with Crippen LogP contribution < -0.4 is 0 Å². The van der Waals surface area contributed by atoms with Gasteiger partial charge in [0.15, 0.2) is 11.5 Å². The lowest BCUT2D eigenvalue weighted by Gasteiger charge is -2.00. The zero-order chi connectivity index (χ0) is 18.8. The highest BCUT2D eigenvalue weighted by atomic mass is 32.2. The maximum absolute atomic E-state index is 11.9. The molecule has 4 rings (SSSR count). The van der Waals surface area contributed by atoms with Gasteiger partial charge >= 0.3 is 5.97 Å². The van der Waals surface area contributed by atoms with Crippen molar-refractivity contribution in [1.82, 2.24) is 24.6 Å². The van der Waals surface area contributed by atoms with Crippen LogP contribution in [0, 0.1) is 6.92 Å². The molecule has 0 radical (unpaired) electrons. The number of nitrogens with zero attached hydrogens (tertiary/aromatic N) is 4. The van der Waals surface area contributed by atoms with Crippen LogP contribution in [-0.4, -0.2) is 37.6 Å². The molecule has 3 heterocycles. The summed E-state index contributed by atoms with van der Waals surface area (Å²) in [6.45, 7) is 2.05. The fourth-order valence-corrected chi connectivity index (χ4v) is 3.37. The van der Waals surface area contributed by atoms with E-state index in [0.29, 0.717) is 22.1 Å². The Bertz CT molecular complexity index is 1100. The maximum Gasteiger partial charge on any atom is 0.341 e. The van der Waals surface area contributed by atoms with Gasteiger partial charge < -0.3 is 9.14 Å². The molecule has 0 aliphatic rings. The summed E-state index contributed by atoms with van der Waals surface area (Å²) in [4.78, 5) is 20.9. The molecule has 0 aliphatic heterocycles. The molecule has 0 amide bonds. The summed E-state index contributed by atoms with van der Waals surface area (Å²) < 4.78 is 6.63. The number of aryl methyl sites for hydroxylation is 1. The summed E-state index contributed by atoms with van der Waals surface area (Å²) in [6, 6.07) is 11.6. The number of carbonyl (C=O) groups is 1. The summed E-state index contributed by atoms with van der Waals surface area (Å²) in [5, 5.41) is 7.88. The minimum absolute atomic E-state index is 0.401. The lowest BCUT2D eigenvalue weighted by atomic mass is 10.1. The minimum atomic E-state index is -0.401. The van der Waals surface area contributed by atoms with E-state index >= 15 is 0 Å². The summed E-state index contributed by atoms with van der Waals surface area (Å²) in [7, 11) is 1.36. The second kappa shape index (κ2) is 7.24. The number of aromatic amines is 1. The van der Waals surface area contributed by atoms with Crippen molar-refractivity contribution in [2.75, 3.05) is 7.11 Å². The van der Waals surface area contributed by atoms with Crippen molar-refractivity contribution in [3.63, 3.8) is 0 Å². The Morgan fingerprint density at radius 1 is 1.22 bits per heavy atom. The number of H-pyrrole nitrogens is 1. The van der Waals surface area contributed by atoms with Crippen LogP contribution >= 0.6 is 11.8 Å². The number of pyridine rings is 1. The SMILES string of the molecule is COC(=O)c1cccn2cc(CSc3n[nH]c(-c4ccc(C)cc4)n3)nc12. The van der Waals surface area contributed by atoms with Gasteiger partial charge in [-0.25, -0.2) is 14.8 Å². The molecule has 27 heavy (non-hydrogen) atoms. The molecule has 0 spiro atoms. The third kappa shape index (κ3) is 3.56. The van der Waals surface area contributed by atoms with Crippen molar-refractivity contribution in [2.45, 2.75) is 17.8 Å². The molecule has 1 aromatic carbocycles. The van der Waals surface area contributed by atoms with Crippen molar-refractivity contribution >= 4 is 23.4 Å². The molecular weight excluding hydrogens is 362 g/mol. The number of ether oxygens (including phenoxy) is 1. The first-order valence-corrected chi connectivity index (χ1v) is 9.30. The number of rotatable bonds is 5. The van der Waals surface area contributed by atoms with Crippen LogP contribution in [0.3, 0.4) is 0 Å². The average Bonchev–Trinajstić information content (AvgIpc) is 3.32. The van der Waals surface area contributed by atoms with Gasteiger partial charge in [-0.15, -0.1) is 5.10 Å². The van der Waals surface area contributed by atoms with Crippen LogP contribution in [0.5, 0.6) is 0 Å². The Kier molecular flexibility index (Phi) is 4.64. The second-order valence-electron chi connectivity index (χ2n) is 6.00. The van der Waals surface area contributed by atoms with Crippen LogP contribution in [0.4, 0.5) is 0 Å². The number of esters is 1. The number of fused-ring (bicyclic) bond motifs is 1. The van der Waals surface area contributed by atoms with Crippen LogP contribution in [-0.2, 0) is 10.5 Å². The van der Waals surface area contributed by atoms with E-state index in [1.54, 1.807) is 12.1 Å². The van der Waals surface area contributed by atoms with E-state index in [1.165, 1.54) is 24.4 Å². The smallest absolute Gasteiger partial charge is 0.341 e. The first-order chi connectivity index (χ1) is 13.1. The molecule has 0 saturated heterocycles. The average molecular weight is 379 g/mol. The molecule has 0 atom stereocenters. The van der Waals surface area contributed by atoms with Gasteiger partial charge in [0, 0.05) is 23.7 Å². The molecule has 3 aromatic heterocycles. The molecule has 1 N–H and O–H groups in total. The monoisotopic (exact) mass is 379 g/mol. The highest BCUT2D eigenvalue weighted by molar-refractivity contribution is 7.98. The lowest BCUT2D eigenvalue weighted by molar-refractivity contribution is 0.0602. The third-order valence-electron chi connectivity index (χ3n) is 4.08. The molecule has 7 nitrogen and oxygen atoms in total. The van der Waals surface area contributed by atoms with Crippen LogP contribution in [0.1, 0.15) is 21.6 Å². The van der Waals surface area contributed by atoms with Crippen molar-refractivity contribution < 1.29 is 9.53 Å². The van der Waals surface area contributed by atoms with E-state index in [9.17, 15) is 4.79 Å². The van der Waals surface area contributed by atoms with Crippen LogP contribution in [0.2, 0.25) is 0 Å². The van der Waals surface area contributed by atoms with E-state index in [0.717, 1.165) is 17.1 Å². The molecule has 4 aromatic rings. The highest BCUT2D eigenvalue weighted by Gasteiger charge is 2.14. The molecular formula is C19H17N5O2S. The number of hydrogen-bond acceptors (Lipinski definition) is 6. The summed E-state index contributed by atoms with van der Waals surface area (Å²) in [5.74, 6) is 0.926. The predicted octanol–water partition coefficient (Wildman–Crippen LogP) is 3.51. The minimum Gasteiger partial charge on any atom is -0.465 e. The maximum atomic E-state index is 11.9. The van der Waals surface area contributed by atoms with Gasteiger partial charge in [-0.3, -0.25) is 5.10 Å². The van der Waals surface area contributed by atoms with Crippen LogP contribution in [0.15, 0.2) is 53.9 Å². The van der Waals surface area contributed by atoms with E-state index in [1.807, 2.05) is 48.0 Å². The van der Waals surface area contributed by atoms with Crippen molar-refractivity contribution in [3.8, 4) is 11.4 Å². The van der Waals surface area contributed by atoms with Gasteiger partial charge in [0.25, 0.3) is 0 Å². The van der Waals surface area contributed by atoms with Gasteiger partial charge in [0.1, 0.15) is 5.56 Å². The Hall–Kier alpha value is -3.13. The van der Waals surface area contributed by atoms with E-state index in [2.05, 4.69) is 20.2 Å². The molecule has 0 fully saturated rings. The molecule has 0 saturated carbocycles. The Balaban J connectivity index is 1.51. The molecule has 0 unspecified atom stereocenters. The fourth-order valence-electron chi connectivity index (χ4n) is 2.69. The number of benzene rings is 1. The fraction of sp³-hybridized carbons (Fsp3) is 0.158. The first kappa shape index (κ1) is 17.3. The zero-order valence-electron chi connectivity index (χ0n) is 14.8. The molecule has 8 heteroatoms. The number of imidazole rings is 1. The van der Waals surface area contributed by atoms with Gasteiger partial charge in [-0.05, 0) is 19.1 Å².